The Bertz CT molecular complexity index is 698. The maximum Gasteiger partial charge on any atom is 0.193 e. The first kappa shape index (κ1) is 21.6. The van der Waals surface area contributed by atoms with Crippen LogP contribution < -0.4 is 10.1 Å². The minimum absolute atomic E-state index is 0. The van der Waals surface area contributed by atoms with Crippen molar-refractivity contribution in [2.75, 3.05) is 46.9 Å². The predicted molar refractivity (Wildman–Crippen MR) is 121 cm³/mol. The van der Waals surface area contributed by atoms with Gasteiger partial charge in [-0.1, -0.05) is 6.07 Å². The van der Waals surface area contributed by atoms with Crippen LogP contribution in [0.25, 0.3) is 0 Å². The molecule has 4 rings (SSSR count). The van der Waals surface area contributed by atoms with E-state index in [-0.39, 0.29) is 29.8 Å². The van der Waals surface area contributed by atoms with E-state index in [1.807, 2.05) is 13.1 Å². The van der Waals surface area contributed by atoms with Crippen molar-refractivity contribution in [1.29, 1.82) is 0 Å². The molecule has 0 spiro atoms. The highest BCUT2D eigenvalue weighted by Crippen LogP contribution is 2.60. The summed E-state index contributed by atoms with van der Waals surface area (Å²) in [6.07, 6.45) is 5.61. The van der Waals surface area contributed by atoms with Crippen LogP contribution in [0.5, 0.6) is 5.75 Å². The number of hydrogen-bond acceptors (Lipinski definition) is 3. The molecule has 3 aliphatic rings. The molecular formula is C21H32FIN4O. The quantitative estimate of drug-likeness (QED) is 0.368. The molecule has 2 saturated carbocycles. The molecule has 2 aliphatic carbocycles. The van der Waals surface area contributed by atoms with Crippen molar-refractivity contribution in [3.8, 4) is 5.75 Å². The molecule has 1 heterocycles. The summed E-state index contributed by atoms with van der Waals surface area (Å²) < 4.78 is 18.9. The summed E-state index contributed by atoms with van der Waals surface area (Å²) in [7, 11) is 3.37. The number of methoxy groups -OCH3 is 1. The third-order valence-corrected chi connectivity index (χ3v) is 6.44. The van der Waals surface area contributed by atoms with Crippen molar-refractivity contribution in [1.82, 2.24) is 15.1 Å². The summed E-state index contributed by atoms with van der Waals surface area (Å²) >= 11 is 0. The zero-order valence-electron chi connectivity index (χ0n) is 16.9. The third kappa shape index (κ3) is 4.90. The number of benzene rings is 1. The number of aliphatic imine (C=N–C) groups is 1. The Balaban J connectivity index is 0.00000225. The van der Waals surface area contributed by atoms with Gasteiger partial charge in [-0.15, -0.1) is 24.0 Å². The van der Waals surface area contributed by atoms with Gasteiger partial charge in [0, 0.05) is 46.3 Å². The average Bonchev–Trinajstić information content (AvgIpc) is 3.57. The third-order valence-electron chi connectivity index (χ3n) is 6.44. The summed E-state index contributed by atoms with van der Waals surface area (Å²) in [5, 5.41) is 3.64. The van der Waals surface area contributed by atoms with E-state index in [9.17, 15) is 4.39 Å². The Morgan fingerprint density at radius 1 is 1.25 bits per heavy atom. The molecule has 1 aromatic carbocycles. The van der Waals surface area contributed by atoms with Crippen LogP contribution >= 0.6 is 24.0 Å². The van der Waals surface area contributed by atoms with E-state index < -0.39 is 0 Å². The molecule has 1 N–H and O–H groups in total. The number of guanidine groups is 1. The van der Waals surface area contributed by atoms with Crippen LogP contribution in [0.2, 0.25) is 0 Å². The second kappa shape index (κ2) is 9.15. The van der Waals surface area contributed by atoms with Crippen molar-refractivity contribution < 1.29 is 9.13 Å². The van der Waals surface area contributed by atoms with Gasteiger partial charge in [0.25, 0.3) is 0 Å². The van der Waals surface area contributed by atoms with Crippen LogP contribution in [-0.2, 0) is 6.54 Å². The average molecular weight is 502 g/mol. The lowest BCUT2D eigenvalue weighted by molar-refractivity contribution is 0.171. The number of ether oxygens (including phenoxy) is 1. The molecule has 156 valence electrons. The van der Waals surface area contributed by atoms with Crippen LogP contribution in [0.15, 0.2) is 23.2 Å². The summed E-state index contributed by atoms with van der Waals surface area (Å²) in [6, 6.07) is 5.24. The van der Waals surface area contributed by atoms with Crippen LogP contribution in [0, 0.1) is 17.2 Å². The largest absolute Gasteiger partial charge is 0.494 e. The molecule has 0 radical (unpaired) electrons. The molecule has 0 unspecified atom stereocenters. The molecule has 0 bridgehead atoms. The van der Waals surface area contributed by atoms with Gasteiger partial charge in [0.15, 0.2) is 17.5 Å². The topological polar surface area (TPSA) is 40.1 Å². The van der Waals surface area contributed by atoms with Gasteiger partial charge in [0.1, 0.15) is 0 Å². The monoisotopic (exact) mass is 502 g/mol. The smallest absolute Gasteiger partial charge is 0.193 e. The molecule has 5 nitrogen and oxygen atoms in total. The van der Waals surface area contributed by atoms with E-state index in [1.54, 1.807) is 12.1 Å². The van der Waals surface area contributed by atoms with Crippen LogP contribution in [0.3, 0.4) is 0 Å². The van der Waals surface area contributed by atoms with E-state index in [0.717, 1.165) is 56.7 Å². The maximum absolute atomic E-state index is 13.9. The standard InChI is InChI=1S/C21H31FN4O.HI/c1-23-20(24-15-21(7-8-21)17-4-5-17)26-11-9-25(10-12-26)14-16-3-6-19(27-2)18(22)13-16;/h3,6,13,17H,4-5,7-12,14-15H2,1-2H3,(H,23,24);1H. The lowest BCUT2D eigenvalue weighted by atomic mass is 10.0. The van der Waals surface area contributed by atoms with E-state index in [1.165, 1.54) is 32.8 Å². The van der Waals surface area contributed by atoms with E-state index in [2.05, 4.69) is 20.1 Å². The Hall–Kier alpha value is -1.09. The van der Waals surface area contributed by atoms with Crippen molar-refractivity contribution in [2.24, 2.45) is 16.3 Å². The predicted octanol–water partition coefficient (Wildman–Crippen LogP) is 3.34. The minimum Gasteiger partial charge on any atom is -0.494 e. The number of nitrogens with zero attached hydrogens (tertiary/aromatic N) is 3. The van der Waals surface area contributed by atoms with Gasteiger partial charge in [-0.2, -0.15) is 0 Å². The first-order valence-corrected chi connectivity index (χ1v) is 10.1. The zero-order chi connectivity index (χ0) is 18.9. The van der Waals surface area contributed by atoms with E-state index in [4.69, 9.17) is 4.74 Å². The first-order chi connectivity index (χ1) is 13.1. The second-order valence-corrected chi connectivity index (χ2v) is 8.27. The first-order valence-electron chi connectivity index (χ1n) is 10.1. The SMILES string of the molecule is CN=C(NCC1(C2CC2)CC1)N1CCN(Cc2ccc(OC)c(F)c2)CC1.I. The molecule has 1 saturated heterocycles. The second-order valence-electron chi connectivity index (χ2n) is 8.27. The van der Waals surface area contributed by atoms with Crippen LogP contribution in [-0.4, -0.2) is 62.6 Å². The van der Waals surface area contributed by atoms with Gasteiger partial charge >= 0.3 is 0 Å². The normalized spacial score (nSPS) is 21.8. The van der Waals surface area contributed by atoms with Gasteiger partial charge in [0.2, 0.25) is 0 Å². The fourth-order valence-electron chi connectivity index (χ4n) is 4.36. The highest BCUT2D eigenvalue weighted by atomic mass is 127. The minimum atomic E-state index is -0.289. The molecule has 0 amide bonds. The van der Waals surface area contributed by atoms with Gasteiger partial charge in [-0.25, -0.2) is 4.39 Å². The molecule has 0 atom stereocenters. The molecule has 7 heteroatoms. The number of rotatable bonds is 6. The van der Waals surface area contributed by atoms with E-state index in [0.29, 0.717) is 11.2 Å². The van der Waals surface area contributed by atoms with Crippen molar-refractivity contribution in [3.05, 3.63) is 29.6 Å². The van der Waals surface area contributed by atoms with Crippen LogP contribution in [0.1, 0.15) is 31.2 Å². The van der Waals surface area contributed by atoms with Crippen LogP contribution in [0.4, 0.5) is 4.39 Å². The summed E-state index contributed by atoms with van der Waals surface area (Å²) in [5.41, 5.74) is 1.57. The number of hydrogen-bond donors (Lipinski definition) is 1. The van der Waals surface area contributed by atoms with Gasteiger partial charge < -0.3 is 15.0 Å². The van der Waals surface area contributed by atoms with Crippen molar-refractivity contribution in [3.63, 3.8) is 0 Å². The summed E-state index contributed by atoms with van der Waals surface area (Å²) in [6.45, 7) is 5.68. The molecule has 1 aliphatic heterocycles. The molecule has 0 aromatic heterocycles. The number of halogens is 2. The number of piperazine rings is 1. The summed E-state index contributed by atoms with van der Waals surface area (Å²) in [5.74, 6) is 2.02. The Morgan fingerprint density at radius 3 is 2.50 bits per heavy atom. The highest BCUT2D eigenvalue weighted by Gasteiger charge is 2.53. The molecular weight excluding hydrogens is 470 g/mol. The van der Waals surface area contributed by atoms with Gasteiger partial charge in [-0.05, 0) is 54.7 Å². The van der Waals surface area contributed by atoms with Crippen molar-refractivity contribution in [2.45, 2.75) is 32.2 Å². The lowest BCUT2D eigenvalue weighted by Crippen LogP contribution is -2.53. The fourth-order valence-corrected chi connectivity index (χ4v) is 4.36. The molecule has 28 heavy (non-hydrogen) atoms. The number of nitrogens with one attached hydrogen (secondary N) is 1. The summed E-state index contributed by atoms with van der Waals surface area (Å²) in [4.78, 5) is 9.24. The Morgan fingerprint density at radius 2 is 1.96 bits per heavy atom. The highest BCUT2D eigenvalue weighted by molar-refractivity contribution is 14.0. The van der Waals surface area contributed by atoms with Crippen molar-refractivity contribution >= 4 is 29.9 Å². The van der Waals surface area contributed by atoms with Gasteiger partial charge in [0.05, 0.1) is 7.11 Å². The Kier molecular flexibility index (Phi) is 7.07. The zero-order valence-corrected chi connectivity index (χ0v) is 19.2. The Labute approximate surface area is 184 Å². The molecule has 3 fully saturated rings. The van der Waals surface area contributed by atoms with E-state index >= 15 is 0 Å². The lowest BCUT2D eigenvalue weighted by Gasteiger charge is -2.37. The molecule has 1 aromatic rings. The van der Waals surface area contributed by atoms with Gasteiger partial charge in [-0.3, -0.25) is 9.89 Å². The fraction of sp³-hybridized carbons (Fsp3) is 0.667. The maximum atomic E-state index is 13.9.